The molecule has 2 heterocycles. The zero-order valence-corrected chi connectivity index (χ0v) is 15.2. The summed E-state index contributed by atoms with van der Waals surface area (Å²) >= 11 is 0. The summed E-state index contributed by atoms with van der Waals surface area (Å²) in [6.07, 6.45) is 6.27. The van der Waals surface area contributed by atoms with Gasteiger partial charge in [0.05, 0.1) is 5.69 Å². The Balaban J connectivity index is 1.53. The van der Waals surface area contributed by atoms with Crippen LogP contribution in [0.3, 0.4) is 0 Å². The van der Waals surface area contributed by atoms with Crippen molar-refractivity contribution in [3.8, 4) is 0 Å². The van der Waals surface area contributed by atoms with E-state index in [0.29, 0.717) is 12.8 Å². The van der Waals surface area contributed by atoms with E-state index < -0.39 is 0 Å². The first-order valence-electron chi connectivity index (χ1n) is 9.20. The van der Waals surface area contributed by atoms with Gasteiger partial charge in [0, 0.05) is 36.4 Å². The molecular weight excluding hydrogens is 314 g/mol. The molecule has 1 aliphatic heterocycles. The molecular formula is C20H27N3O2. The molecule has 5 nitrogen and oxygen atoms in total. The van der Waals surface area contributed by atoms with Crippen molar-refractivity contribution in [1.29, 1.82) is 0 Å². The highest BCUT2D eigenvalue weighted by atomic mass is 16.5. The molecule has 0 unspecified atom stereocenters. The van der Waals surface area contributed by atoms with Crippen molar-refractivity contribution in [2.24, 2.45) is 0 Å². The van der Waals surface area contributed by atoms with E-state index in [1.165, 1.54) is 31.4 Å². The third kappa shape index (κ3) is 4.62. The Hall–Kier alpha value is -2.30. The van der Waals surface area contributed by atoms with Gasteiger partial charge >= 0.3 is 0 Å². The van der Waals surface area contributed by atoms with Crippen LogP contribution >= 0.6 is 0 Å². The second-order valence-electron chi connectivity index (χ2n) is 6.80. The zero-order chi connectivity index (χ0) is 17.6. The van der Waals surface area contributed by atoms with Gasteiger partial charge < -0.3 is 14.7 Å². The average Bonchev–Trinajstić information content (AvgIpc) is 2.82. The van der Waals surface area contributed by atoms with Crippen LogP contribution in [0.2, 0.25) is 0 Å². The molecule has 5 heteroatoms. The molecule has 0 atom stereocenters. The first-order valence-corrected chi connectivity index (χ1v) is 9.20. The quantitative estimate of drug-likeness (QED) is 0.883. The third-order valence-electron chi connectivity index (χ3n) is 4.91. The first kappa shape index (κ1) is 17.5. The lowest BCUT2D eigenvalue weighted by atomic mass is 10.1. The Bertz CT molecular complexity index is 679. The SMILES string of the molecule is Cc1noc(C)c1CCC(=O)Nc1ccc(N2CCCCCC2)cc1. The van der Waals surface area contributed by atoms with Crippen LogP contribution in [0.15, 0.2) is 28.8 Å². The minimum atomic E-state index is 0.0162. The number of hydrogen-bond donors (Lipinski definition) is 1. The molecule has 1 saturated heterocycles. The Morgan fingerprint density at radius 2 is 1.80 bits per heavy atom. The molecule has 1 aromatic carbocycles. The molecule has 0 radical (unpaired) electrons. The fraction of sp³-hybridized carbons (Fsp3) is 0.500. The summed E-state index contributed by atoms with van der Waals surface area (Å²) in [5.74, 6) is 0.814. The van der Waals surface area contributed by atoms with Gasteiger partial charge in [0.2, 0.25) is 5.91 Å². The fourth-order valence-electron chi connectivity index (χ4n) is 3.41. The van der Waals surface area contributed by atoms with Crippen LogP contribution in [0.25, 0.3) is 0 Å². The van der Waals surface area contributed by atoms with Gasteiger partial charge in [-0.3, -0.25) is 4.79 Å². The molecule has 2 aromatic rings. The summed E-state index contributed by atoms with van der Waals surface area (Å²) in [5.41, 5.74) is 4.00. The highest BCUT2D eigenvalue weighted by Gasteiger charge is 2.12. The van der Waals surface area contributed by atoms with Gasteiger partial charge in [0.1, 0.15) is 5.76 Å². The number of rotatable bonds is 5. The molecule has 0 spiro atoms. The lowest BCUT2D eigenvalue weighted by molar-refractivity contribution is -0.116. The summed E-state index contributed by atoms with van der Waals surface area (Å²) in [5, 5.41) is 6.90. The summed E-state index contributed by atoms with van der Waals surface area (Å²) in [7, 11) is 0. The maximum Gasteiger partial charge on any atom is 0.224 e. The summed E-state index contributed by atoms with van der Waals surface area (Å²) < 4.78 is 5.14. The van der Waals surface area contributed by atoms with Crippen LogP contribution < -0.4 is 10.2 Å². The van der Waals surface area contributed by atoms with Crippen molar-refractivity contribution in [3.63, 3.8) is 0 Å². The normalized spacial score (nSPS) is 15.0. The highest BCUT2D eigenvalue weighted by molar-refractivity contribution is 5.91. The Labute approximate surface area is 149 Å². The topological polar surface area (TPSA) is 58.4 Å². The van der Waals surface area contributed by atoms with Crippen molar-refractivity contribution >= 4 is 17.3 Å². The Kier molecular flexibility index (Phi) is 5.74. The van der Waals surface area contributed by atoms with E-state index in [1.54, 1.807) is 0 Å². The summed E-state index contributed by atoms with van der Waals surface area (Å²) in [6.45, 7) is 6.05. The standard InChI is InChI=1S/C20H27N3O2/c1-15-19(16(2)25-22-15)11-12-20(24)21-17-7-9-18(10-8-17)23-13-5-3-4-6-14-23/h7-10H,3-6,11-14H2,1-2H3,(H,21,24). The van der Waals surface area contributed by atoms with Crippen LogP contribution in [-0.2, 0) is 11.2 Å². The molecule has 1 amide bonds. The smallest absolute Gasteiger partial charge is 0.224 e. The molecule has 1 aliphatic rings. The fourth-order valence-corrected chi connectivity index (χ4v) is 3.41. The molecule has 25 heavy (non-hydrogen) atoms. The van der Waals surface area contributed by atoms with E-state index in [1.807, 2.05) is 26.0 Å². The number of aryl methyl sites for hydroxylation is 2. The Morgan fingerprint density at radius 1 is 1.12 bits per heavy atom. The molecule has 0 aliphatic carbocycles. The van der Waals surface area contributed by atoms with E-state index in [9.17, 15) is 4.79 Å². The predicted molar refractivity (Wildman–Crippen MR) is 100 cm³/mol. The maximum atomic E-state index is 12.2. The highest BCUT2D eigenvalue weighted by Crippen LogP contribution is 2.22. The number of benzene rings is 1. The second kappa shape index (κ2) is 8.19. The molecule has 0 bridgehead atoms. The number of carbonyl (C=O) groups excluding carboxylic acids is 1. The molecule has 1 N–H and O–H groups in total. The number of hydrogen-bond acceptors (Lipinski definition) is 4. The molecule has 1 aromatic heterocycles. The number of carbonyl (C=O) groups is 1. The lowest BCUT2D eigenvalue weighted by Gasteiger charge is -2.22. The van der Waals surface area contributed by atoms with E-state index in [-0.39, 0.29) is 5.91 Å². The minimum absolute atomic E-state index is 0.0162. The number of nitrogens with zero attached hydrogens (tertiary/aromatic N) is 2. The van der Waals surface area contributed by atoms with Crippen LogP contribution in [-0.4, -0.2) is 24.2 Å². The number of amides is 1. The van der Waals surface area contributed by atoms with Gasteiger partial charge in [-0.2, -0.15) is 0 Å². The number of aromatic nitrogens is 1. The Morgan fingerprint density at radius 3 is 2.40 bits per heavy atom. The van der Waals surface area contributed by atoms with Gasteiger partial charge in [-0.05, 0) is 57.4 Å². The van der Waals surface area contributed by atoms with Crippen molar-refractivity contribution < 1.29 is 9.32 Å². The zero-order valence-electron chi connectivity index (χ0n) is 15.2. The van der Waals surface area contributed by atoms with Crippen LogP contribution in [0.5, 0.6) is 0 Å². The monoisotopic (exact) mass is 341 g/mol. The number of nitrogens with one attached hydrogen (secondary N) is 1. The summed E-state index contributed by atoms with van der Waals surface area (Å²) in [4.78, 5) is 14.6. The van der Waals surface area contributed by atoms with Crippen molar-refractivity contribution in [1.82, 2.24) is 5.16 Å². The largest absolute Gasteiger partial charge is 0.372 e. The van der Waals surface area contributed by atoms with E-state index in [4.69, 9.17) is 4.52 Å². The van der Waals surface area contributed by atoms with Crippen molar-refractivity contribution in [2.75, 3.05) is 23.3 Å². The molecule has 3 rings (SSSR count). The third-order valence-corrected chi connectivity index (χ3v) is 4.91. The lowest BCUT2D eigenvalue weighted by Crippen LogP contribution is -2.23. The number of anilines is 2. The maximum absolute atomic E-state index is 12.2. The molecule has 0 saturated carbocycles. The van der Waals surface area contributed by atoms with Crippen molar-refractivity contribution in [3.05, 3.63) is 41.3 Å². The van der Waals surface area contributed by atoms with Gasteiger partial charge in [-0.25, -0.2) is 0 Å². The van der Waals surface area contributed by atoms with Gasteiger partial charge in [-0.15, -0.1) is 0 Å². The predicted octanol–water partition coefficient (Wildman–Crippen LogP) is 4.24. The van der Waals surface area contributed by atoms with Crippen LogP contribution in [0.1, 0.15) is 49.1 Å². The average molecular weight is 341 g/mol. The van der Waals surface area contributed by atoms with Crippen LogP contribution in [0.4, 0.5) is 11.4 Å². The van der Waals surface area contributed by atoms with Gasteiger partial charge in [0.25, 0.3) is 0 Å². The van der Waals surface area contributed by atoms with Crippen molar-refractivity contribution in [2.45, 2.75) is 52.4 Å². The van der Waals surface area contributed by atoms with Gasteiger partial charge in [0.15, 0.2) is 0 Å². The molecule has 134 valence electrons. The first-order chi connectivity index (χ1) is 12.1. The summed E-state index contributed by atoms with van der Waals surface area (Å²) in [6, 6.07) is 8.20. The van der Waals surface area contributed by atoms with E-state index in [2.05, 4.69) is 27.5 Å². The van der Waals surface area contributed by atoms with Crippen LogP contribution in [0, 0.1) is 13.8 Å². The molecule has 1 fully saturated rings. The minimum Gasteiger partial charge on any atom is -0.372 e. The van der Waals surface area contributed by atoms with Gasteiger partial charge in [-0.1, -0.05) is 18.0 Å². The second-order valence-corrected chi connectivity index (χ2v) is 6.80. The van der Waals surface area contributed by atoms with E-state index in [0.717, 1.165) is 35.8 Å². The van der Waals surface area contributed by atoms with E-state index >= 15 is 0 Å².